The van der Waals surface area contributed by atoms with E-state index in [2.05, 4.69) is 15.3 Å². The molecule has 1 N–H and O–H groups in total. The smallest absolute Gasteiger partial charge is 0.326 e. The molecule has 0 fully saturated rings. The number of aromatic nitrogens is 2. The molecule has 2 heterocycles. The zero-order valence-corrected chi connectivity index (χ0v) is 19.7. The maximum absolute atomic E-state index is 12.9. The van der Waals surface area contributed by atoms with Gasteiger partial charge in [-0.1, -0.05) is 24.3 Å². The number of hydrogen-bond acceptors (Lipinski definition) is 6. The number of urea groups is 1. The van der Waals surface area contributed by atoms with Crippen LogP contribution >= 0.6 is 0 Å². The summed E-state index contributed by atoms with van der Waals surface area (Å²) in [4.78, 5) is 34.8. The van der Waals surface area contributed by atoms with E-state index in [4.69, 9.17) is 9.47 Å². The molecular weight excluding hydrogens is 432 g/mol. The molecule has 0 spiro atoms. The molecule has 176 valence electrons. The summed E-state index contributed by atoms with van der Waals surface area (Å²) in [5.41, 5.74) is 2.46. The third-order valence-electron chi connectivity index (χ3n) is 5.77. The largest absolute Gasteiger partial charge is 0.487 e. The number of amides is 2. The van der Waals surface area contributed by atoms with Gasteiger partial charge in [0, 0.05) is 23.6 Å². The highest BCUT2D eigenvalue weighted by molar-refractivity contribution is 6.03. The number of anilines is 2. The summed E-state index contributed by atoms with van der Waals surface area (Å²) in [6, 6.07) is 15.0. The van der Waals surface area contributed by atoms with Crippen molar-refractivity contribution in [3.05, 3.63) is 60.9 Å². The molecule has 8 nitrogen and oxygen atoms in total. The third kappa shape index (κ3) is 5.17. The van der Waals surface area contributed by atoms with Crippen LogP contribution in [0, 0.1) is 5.41 Å². The topological polar surface area (TPSA) is 93.7 Å². The van der Waals surface area contributed by atoms with Crippen LogP contribution in [0.15, 0.2) is 60.9 Å². The quantitative estimate of drug-likeness (QED) is 0.559. The lowest BCUT2D eigenvalue weighted by Gasteiger charge is -2.33. The van der Waals surface area contributed by atoms with Crippen molar-refractivity contribution in [2.45, 2.75) is 33.8 Å². The standard InChI is InChI=1S/C26H28N4O4/c1-17-15-30(25(32)29-21-8-6-5-7-9-21)22-11-10-19(12-23(22)34-17)20-13-27-24(28-14-20)33-16-26(3,4)18(2)31/h5-14,17H,15-16H2,1-4H3,(H,29,32). The zero-order valence-electron chi connectivity index (χ0n) is 19.7. The molecule has 1 aliphatic rings. The van der Waals surface area contributed by atoms with Gasteiger partial charge < -0.3 is 14.8 Å². The Bertz CT molecular complexity index is 1180. The number of benzene rings is 2. The Kier molecular flexibility index (Phi) is 6.49. The number of Topliss-reactive ketones (excluding diaryl/α,β-unsaturated/α-hetero) is 1. The Labute approximate surface area is 198 Å². The average molecular weight is 461 g/mol. The van der Waals surface area contributed by atoms with Crippen molar-refractivity contribution in [3.63, 3.8) is 0 Å². The average Bonchev–Trinajstić information content (AvgIpc) is 2.82. The van der Waals surface area contributed by atoms with Gasteiger partial charge in [-0.2, -0.15) is 0 Å². The number of hydrogen-bond donors (Lipinski definition) is 1. The van der Waals surface area contributed by atoms with Gasteiger partial charge >= 0.3 is 12.0 Å². The summed E-state index contributed by atoms with van der Waals surface area (Å²) < 4.78 is 11.6. The van der Waals surface area contributed by atoms with E-state index in [-0.39, 0.29) is 30.5 Å². The van der Waals surface area contributed by atoms with Crippen molar-refractivity contribution in [1.29, 1.82) is 0 Å². The van der Waals surface area contributed by atoms with E-state index in [1.54, 1.807) is 24.2 Å². The van der Waals surface area contributed by atoms with Gasteiger partial charge in [0.05, 0.1) is 17.6 Å². The summed E-state index contributed by atoms with van der Waals surface area (Å²) in [6.07, 6.45) is 3.16. The molecule has 0 bridgehead atoms. The van der Waals surface area contributed by atoms with Crippen LogP contribution < -0.4 is 19.7 Å². The fourth-order valence-electron chi connectivity index (χ4n) is 3.41. The highest BCUT2D eigenvalue weighted by Gasteiger charge is 2.28. The van der Waals surface area contributed by atoms with Crippen molar-refractivity contribution < 1.29 is 19.1 Å². The Morgan fingerprint density at radius 1 is 1.12 bits per heavy atom. The van der Waals surface area contributed by atoms with Crippen LogP contribution in [0.1, 0.15) is 27.7 Å². The second-order valence-electron chi connectivity index (χ2n) is 9.00. The van der Waals surface area contributed by atoms with Crippen LogP contribution in [0.3, 0.4) is 0 Å². The molecule has 0 saturated heterocycles. The lowest BCUT2D eigenvalue weighted by atomic mass is 9.90. The monoisotopic (exact) mass is 460 g/mol. The number of rotatable bonds is 6. The molecule has 8 heteroatoms. The summed E-state index contributed by atoms with van der Waals surface area (Å²) in [6.45, 7) is 7.75. The van der Waals surface area contributed by atoms with Gasteiger partial charge in [0.15, 0.2) is 0 Å². The predicted octanol–water partition coefficient (Wildman–Crippen LogP) is 4.96. The number of carbonyl (C=O) groups is 2. The first kappa shape index (κ1) is 23.2. The van der Waals surface area contributed by atoms with Crippen molar-refractivity contribution in [2.24, 2.45) is 5.41 Å². The van der Waals surface area contributed by atoms with Crippen molar-refractivity contribution in [3.8, 4) is 22.9 Å². The third-order valence-corrected chi connectivity index (χ3v) is 5.77. The molecule has 34 heavy (non-hydrogen) atoms. The van der Waals surface area contributed by atoms with Crippen molar-refractivity contribution >= 4 is 23.2 Å². The van der Waals surface area contributed by atoms with Crippen LogP contribution in [0.2, 0.25) is 0 Å². The molecule has 0 saturated carbocycles. The fraction of sp³-hybridized carbons (Fsp3) is 0.308. The Morgan fingerprint density at radius 2 is 1.82 bits per heavy atom. The van der Waals surface area contributed by atoms with Crippen molar-refractivity contribution in [2.75, 3.05) is 23.4 Å². The normalized spacial score (nSPS) is 15.2. The zero-order chi connectivity index (χ0) is 24.3. The first-order valence-electron chi connectivity index (χ1n) is 11.1. The van der Waals surface area contributed by atoms with E-state index in [0.717, 1.165) is 16.8 Å². The molecule has 1 atom stereocenters. The van der Waals surface area contributed by atoms with Gasteiger partial charge in [0.2, 0.25) is 0 Å². The second kappa shape index (κ2) is 9.51. The SMILES string of the molecule is CC(=O)C(C)(C)COc1ncc(-c2ccc3c(c2)OC(C)CN3C(=O)Nc2ccccc2)cn1. The molecule has 1 aliphatic heterocycles. The number of nitrogens with one attached hydrogen (secondary N) is 1. The van der Waals surface area contributed by atoms with Crippen LogP contribution in [-0.2, 0) is 4.79 Å². The van der Waals surface area contributed by atoms with Crippen LogP contribution in [0.4, 0.5) is 16.2 Å². The van der Waals surface area contributed by atoms with E-state index < -0.39 is 5.41 Å². The van der Waals surface area contributed by atoms with Crippen molar-refractivity contribution in [1.82, 2.24) is 9.97 Å². The molecule has 2 aromatic carbocycles. The minimum Gasteiger partial charge on any atom is -0.487 e. The van der Waals surface area contributed by atoms with E-state index in [1.807, 2.05) is 69.3 Å². The van der Waals surface area contributed by atoms with Gasteiger partial charge in [-0.3, -0.25) is 9.69 Å². The highest BCUT2D eigenvalue weighted by atomic mass is 16.5. The van der Waals surface area contributed by atoms with E-state index in [1.165, 1.54) is 0 Å². The van der Waals surface area contributed by atoms with Gasteiger partial charge in [-0.05, 0) is 57.5 Å². The molecule has 0 radical (unpaired) electrons. The predicted molar refractivity (Wildman–Crippen MR) is 130 cm³/mol. The Hall–Kier alpha value is -3.94. The molecule has 0 aliphatic carbocycles. The Balaban J connectivity index is 1.51. The number of nitrogens with zero attached hydrogens (tertiary/aromatic N) is 3. The van der Waals surface area contributed by atoms with E-state index in [9.17, 15) is 9.59 Å². The van der Waals surface area contributed by atoms with Crippen LogP contribution in [-0.4, -0.2) is 41.0 Å². The Morgan fingerprint density at radius 3 is 2.50 bits per heavy atom. The first-order chi connectivity index (χ1) is 16.2. The minimum absolute atomic E-state index is 0.0406. The van der Waals surface area contributed by atoms with Crippen LogP contribution in [0.5, 0.6) is 11.8 Å². The summed E-state index contributed by atoms with van der Waals surface area (Å²) in [5, 5.41) is 2.93. The highest BCUT2D eigenvalue weighted by Crippen LogP contribution is 2.37. The lowest BCUT2D eigenvalue weighted by Crippen LogP contribution is -2.44. The first-order valence-corrected chi connectivity index (χ1v) is 11.1. The lowest BCUT2D eigenvalue weighted by molar-refractivity contribution is -0.126. The van der Waals surface area contributed by atoms with Gasteiger partial charge in [0.1, 0.15) is 24.2 Å². The summed E-state index contributed by atoms with van der Waals surface area (Å²) in [5.74, 6) is 0.655. The molecular formula is C26H28N4O4. The maximum Gasteiger partial charge on any atom is 0.326 e. The van der Waals surface area contributed by atoms with Gasteiger partial charge in [-0.25, -0.2) is 14.8 Å². The second-order valence-corrected chi connectivity index (χ2v) is 9.00. The summed E-state index contributed by atoms with van der Waals surface area (Å²) >= 11 is 0. The molecule has 2 amide bonds. The maximum atomic E-state index is 12.9. The number of ketones is 1. The minimum atomic E-state index is -0.604. The number of fused-ring (bicyclic) bond motifs is 1. The van der Waals surface area contributed by atoms with Gasteiger partial charge in [0.25, 0.3) is 0 Å². The number of carbonyl (C=O) groups excluding carboxylic acids is 2. The molecule has 1 aromatic heterocycles. The van der Waals surface area contributed by atoms with E-state index >= 15 is 0 Å². The molecule has 4 rings (SSSR count). The fourth-order valence-corrected chi connectivity index (χ4v) is 3.41. The number of para-hydroxylation sites is 1. The molecule has 3 aromatic rings. The van der Waals surface area contributed by atoms with Gasteiger partial charge in [-0.15, -0.1) is 0 Å². The summed E-state index contributed by atoms with van der Waals surface area (Å²) in [7, 11) is 0. The van der Waals surface area contributed by atoms with E-state index in [0.29, 0.717) is 18.0 Å². The number of ether oxygens (including phenoxy) is 2. The molecule has 1 unspecified atom stereocenters. The van der Waals surface area contributed by atoms with Crippen LogP contribution in [0.25, 0.3) is 11.1 Å².